The Morgan fingerprint density at radius 3 is 2.70 bits per heavy atom. The van der Waals surface area contributed by atoms with Crippen molar-refractivity contribution >= 4 is 23.2 Å². The Balaban J connectivity index is 1.80. The van der Waals surface area contributed by atoms with Gasteiger partial charge in [-0.15, -0.1) is 11.3 Å². The first-order chi connectivity index (χ1) is 11.0. The van der Waals surface area contributed by atoms with E-state index in [1.807, 2.05) is 11.4 Å². The third kappa shape index (κ3) is 3.12. The Morgan fingerprint density at radius 1 is 1.22 bits per heavy atom. The molecule has 0 spiro atoms. The van der Waals surface area contributed by atoms with Gasteiger partial charge in [0.25, 0.3) is 5.91 Å². The number of piperazine rings is 1. The minimum atomic E-state index is -0.258. The van der Waals surface area contributed by atoms with Crippen LogP contribution in [-0.4, -0.2) is 48.3 Å². The molecule has 0 aliphatic carbocycles. The molecule has 0 atom stereocenters. The lowest BCUT2D eigenvalue weighted by Crippen LogP contribution is -2.50. The number of carbonyl (C=O) groups is 2. The topological polar surface area (TPSA) is 40.6 Å². The van der Waals surface area contributed by atoms with Gasteiger partial charge in [-0.25, -0.2) is 4.39 Å². The lowest BCUT2D eigenvalue weighted by Gasteiger charge is -2.31. The van der Waals surface area contributed by atoms with Gasteiger partial charge in [0.15, 0.2) is 0 Å². The van der Waals surface area contributed by atoms with E-state index in [4.69, 9.17) is 0 Å². The molecule has 3 rings (SSSR count). The minimum absolute atomic E-state index is 0.0537. The number of carbonyl (C=O) groups excluding carboxylic acids is 2. The highest BCUT2D eigenvalue weighted by molar-refractivity contribution is 7.12. The van der Waals surface area contributed by atoms with Gasteiger partial charge in [0.2, 0.25) is 5.91 Å². The molecule has 0 radical (unpaired) electrons. The first kappa shape index (κ1) is 15.7. The molecule has 1 aromatic carbocycles. The van der Waals surface area contributed by atoms with Crippen molar-refractivity contribution in [1.82, 2.24) is 9.80 Å². The van der Waals surface area contributed by atoms with Crippen LogP contribution in [0, 0.1) is 12.7 Å². The number of amides is 2. The van der Waals surface area contributed by atoms with Crippen LogP contribution in [-0.2, 0) is 4.79 Å². The van der Waals surface area contributed by atoms with Crippen LogP contribution in [0.2, 0.25) is 0 Å². The quantitative estimate of drug-likeness (QED) is 0.848. The van der Waals surface area contributed by atoms with Gasteiger partial charge in [0.1, 0.15) is 12.4 Å². The van der Waals surface area contributed by atoms with Gasteiger partial charge < -0.3 is 9.80 Å². The number of nitrogens with zero attached hydrogens (tertiary/aromatic N) is 2. The molecule has 6 heteroatoms. The maximum absolute atomic E-state index is 13.7. The molecule has 4 nitrogen and oxygen atoms in total. The monoisotopic (exact) mass is 332 g/mol. The smallest absolute Gasteiger partial charge is 0.264 e. The molecule has 2 heterocycles. The Hall–Kier alpha value is -2.21. The van der Waals surface area contributed by atoms with Crippen LogP contribution in [0.15, 0.2) is 29.6 Å². The molecule has 0 unspecified atom stereocenters. The molecule has 0 saturated carbocycles. The molecular formula is C17H17FN2O2S. The van der Waals surface area contributed by atoms with E-state index in [1.165, 1.54) is 17.4 Å². The molecule has 0 bridgehead atoms. The summed E-state index contributed by atoms with van der Waals surface area (Å²) in [6.45, 7) is 2.91. The van der Waals surface area contributed by atoms with Crippen molar-refractivity contribution < 1.29 is 14.0 Å². The fourth-order valence-corrected chi connectivity index (χ4v) is 3.34. The number of benzene rings is 1. The number of thiophene rings is 1. The first-order valence-corrected chi connectivity index (χ1v) is 8.22. The second-order valence-corrected chi connectivity index (χ2v) is 6.62. The van der Waals surface area contributed by atoms with Gasteiger partial charge in [-0.3, -0.25) is 9.59 Å². The number of halogens is 1. The third-order valence-electron chi connectivity index (χ3n) is 4.06. The number of hydrogen-bond acceptors (Lipinski definition) is 3. The summed E-state index contributed by atoms with van der Waals surface area (Å²) in [5.41, 5.74) is 2.16. The molecule has 1 fully saturated rings. The second-order valence-electron chi connectivity index (χ2n) is 5.71. The highest BCUT2D eigenvalue weighted by atomic mass is 32.1. The molecule has 1 aromatic heterocycles. The fraction of sp³-hybridized carbons (Fsp3) is 0.294. The van der Waals surface area contributed by atoms with Crippen LogP contribution in [0.1, 0.15) is 15.2 Å². The van der Waals surface area contributed by atoms with Crippen LogP contribution in [0.3, 0.4) is 0 Å². The average molecular weight is 332 g/mol. The van der Waals surface area contributed by atoms with E-state index >= 15 is 0 Å². The van der Waals surface area contributed by atoms with E-state index < -0.39 is 0 Å². The number of likely N-dealkylation sites (N-methyl/N-ethyl adjacent to an activating group) is 1. The maximum Gasteiger partial charge on any atom is 0.264 e. The molecule has 1 saturated heterocycles. The molecule has 1 aliphatic rings. The lowest BCUT2D eigenvalue weighted by molar-refractivity contribution is -0.133. The molecule has 23 heavy (non-hydrogen) atoms. The summed E-state index contributed by atoms with van der Waals surface area (Å²) in [7, 11) is 1.74. The number of rotatable bonds is 2. The Kier molecular flexibility index (Phi) is 4.17. The SMILES string of the molecule is Cc1ccc(-c2csc(C(=O)N3CCN(C)C(=O)C3)c2)cc1F. The van der Waals surface area contributed by atoms with Crippen LogP contribution >= 0.6 is 11.3 Å². The van der Waals surface area contributed by atoms with Crippen LogP contribution < -0.4 is 0 Å². The lowest BCUT2D eigenvalue weighted by atomic mass is 10.1. The molecule has 1 aliphatic heterocycles. The predicted molar refractivity (Wildman–Crippen MR) is 88.0 cm³/mol. The zero-order chi connectivity index (χ0) is 16.6. The fourth-order valence-electron chi connectivity index (χ4n) is 2.46. The first-order valence-electron chi connectivity index (χ1n) is 7.34. The van der Waals surface area contributed by atoms with E-state index in [2.05, 4.69) is 0 Å². The van der Waals surface area contributed by atoms with Gasteiger partial charge in [0.05, 0.1) is 4.88 Å². The highest BCUT2D eigenvalue weighted by Gasteiger charge is 2.26. The second kappa shape index (κ2) is 6.12. The third-order valence-corrected chi connectivity index (χ3v) is 4.98. The van der Waals surface area contributed by atoms with Crippen molar-refractivity contribution in [2.24, 2.45) is 0 Å². The van der Waals surface area contributed by atoms with Crippen LogP contribution in [0.4, 0.5) is 4.39 Å². The van der Waals surface area contributed by atoms with Crippen molar-refractivity contribution in [3.05, 3.63) is 45.9 Å². The minimum Gasteiger partial charge on any atom is -0.342 e. The van der Waals surface area contributed by atoms with Crippen molar-refractivity contribution in [2.75, 3.05) is 26.7 Å². The molecular weight excluding hydrogens is 315 g/mol. The zero-order valence-corrected chi connectivity index (χ0v) is 13.8. The van der Waals surface area contributed by atoms with Crippen molar-refractivity contribution in [2.45, 2.75) is 6.92 Å². The Morgan fingerprint density at radius 2 is 2.00 bits per heavy atom. The van der Waals surface area contributed by atoms with E-state index in [1.54, 1.807) is 35.9 Å². The van der Waals surface area contributed by atoms with Crippen molar-refractivity contribution in [3.63, 3.8) is 0 Å². The summed E-state index contributed by atoms with van der Waals surface area (Å²) in [6.07, 6.45) is 0. The largest absolute Gasteiger partial charge is 0.342 e. The van der Waals surface area contributed by atoms with E-state index in [0.29, 0.717) is 23.5 Å². The predicted octanol–water partition coefficient (Wildman–Crippen LogP) is 2.78. The molecule has 2 aromatic rings. The highest BCUT2D eigenvalue weighted by Crippen LogP contribution is 2.28. The van der Waals surface area contributed by atoms with Gasteiger partial charge in [-0.2, -0.15) is 0 Å². The van der Waals surface area contributed by atoms with Gasteiger partial charge in [0, 0.05) is 20.1 Å². The summed E-state index contributed by atoms with van der Waals surface area (Å²) in [5.74, 6) is -0.455. The Labute approximate surface area is 138 Å². The summed E-state index contributed by atoms with van der Waals surface area (Å²) in [5, 5.41) is 1.84. The van der Waals surface area contributed by atoms with Crippen LogP contribution in [0.25, 0.3) is 11.1 Å². The maximum atomic E-state index is 13.7. The number of hydrogen-bond donors (Lipinski definition) is 0. The average Bonchev–Trinajstić information content (AvgIpc) is 3.02. The Bertz CT molecular complexity index is 772. The van der Waals surface area contributed by atoms with E-state index in [-0.39, 0.29) is 24.2 Å². The normalized spacial score (nSPS) is 15.2. The van der Waals surface area contributed by atoms with E-state index in [9.17, 15) is 14.0 Å². The molecule has 120 valence electrons. The van der Waals surface area contributed by atoms with Gasteiger partial charge in [-0.05, 0) is 41.1 Å². The van der Waals surface area contributed by atoms with Crippen LogP contribution in [0.5, 0.6) is 0 Å². The van der Waals surface area contributed by atoms with Crippen molar-refractivity contribution in [1.29, 1.82) is 0 Å². The standard InChI is InChI=1S/C17H17FN2O2S/c1-11-3-4-12(7-14(11)18)13-8-15(23-10-13)17(22)20-6-5-19(2)16(21)9-20/h3-4,7-8,10H,5-6,9H2,1-2H3. The van der Waals surface area contributed by atoms with Crippen molar-refractivity contribution in [3.8, 4) is 11.1 Å². The summed E-state index contributed by atoms with van der Waals surface area (Å²) in [6, 6.07) is 6.81. The summed E-state index contributed by atoms with van der Waals surface area (Å²) >= 11 is 1.32. The molecule has 0 N–H and O–H groups in total. The van der Waals surface area contributed by atoms with Gasteiger partial charge >= 0.3 is 0 Å². The summed E-state index contributed by atoms with van der Waals surface area (Å²) < 4.78 is 13.7. The number of aryl methyl sites for hydroxylation is 1. The van der Waals surface area contributed by atoms with E-state index in [0.717, 1.165) is 11.1 Å². The summed E-state index contributed by atoms with van der Waals surface area (Å²) in [4.78, 5) is 28.0. The van der Waals surface area contributed by atoms with Gasteiger partial charge in [-0.1, -0.05) is 12.1 Å². The molecule has 2 amide bonds. The zero-order valence-electron chi connectivity index (χ0n) is 13.0.